The Balaban J connectivity index is 1.80. The highest BCUT2D eigenvalue weighted by molar-refractivity contribution is 7.09. The van der Waals surface area contributed by atoms with Crippen LogP contribution in [0.15, 0.2) is 5.38 Å². The molecule has 1 heterocycles. The van der Waals surface area contributed by atoms with Crippen molar-refractivity contribution in [3.8, 4) is 0 Å². The van der Waals surface area contributed by atoms with E-state index in [2.05, 4.69) is 17.3 Å². The molecule has 0 saturated heterocycles. The summed E-state index contributed by atoms with van der Waals surface area (Å²) in [7, 11) is 3.88. The maximum atomic E-state index is 12.0. The van der Waals surface area contributed by atoms with Gasteiger partial charge in [-0.25, -0.2) is 4.98 Å². The van der Waals surface area contributed by atoms with E-state index in [1.54, 1.807) is 11.3 Å². The Hall–Kier alpha value is -0.940. The fraction of sp³-hybridized carbons (Fsp3) is 0.692. The molecule has 0 unspecified atom stereocenters. The summed E-state index contributed by atoms with van der Waals surface area (Å²) < 4.78 is 0. The maximum Gasteiger partial charge on any atom is 0.236 e. The number of rotatable bonds is 6. The van der Waals surface area contributed by atoms with Crippen LogP contribution >= 0.6 is 11.3 Å². The summed E-state index contributed by atoms with van der Waals surface area (Å²) in [5, 5.41) is 3.25. The van der Waals surface area contributed by atoms with Crippen molar-refractivity contribution in [3.05, 3.63) is 16.1 Å². The van der Waals surface area contributed by atoms with Crippen molar-refractivity contribution < 1.29 is 4.79 Å². The van der Waals surface area contributed by atoms with Crippen molar-refractivity contribution in [1.29, 1.82) is 0 Å². The average Bonchev–Trinajstić information content (AvgIpc) is 3.09. The van der Waals surface area contributed by atoms with Crippen LogP contribution in [0.25, 0.3) is 0 Å². The van der Waals surface area contributed by atoms with E-state index in [0.717, 1.165) is 31.5 Å². The Kier molecular flexibility index (Phi) is 4.35. The highest BCUT2D eigenvalue weighted by atomic mass is 32.1. The van der Waals surface area contributed by atoms with Gasteiger partial charge in [0.05, 0.1) is 17.2 Å². The molecule has 2 rings (SSSR count). The van der Waals surface area contributed by atoms with E-state index in [1.807, 2.05) is 23.9 Å². The minimum absolute atomic E-state index is 0.214. The lowest BCUT2D eigenvalue weighted by Crippen LogP contribution is -2.37. The van der Waals surface area contributed by atoms with Crippen molar-refractivity contribution in [2.75, 3.05) is 20.6 Å². The molecule has 4 nitrogen and oxygen atoms in total. The van der Waals surface area contributed by atoms with E-state index < -0.39 is 0 Å². The second kappa shape index (κ2) is 5.80. The Labute approximate surface area is 113 Å². The van der Waals surface area contributed by atoms with Crippen molar-refractivity contribution in [2.45, 2.75) is 38.8 Å². The molecule has 0 spiro atoms. The van der Waals surface area contributed by atoms with Gasteiger partial charge < -0.3 is 4.90 Å². The normalized spacial score (nSPS) is 15.1. The van der Waals surface area contributed by atoms with Gasteiger partial charge in [0.15, 0.2) is 0 Å². The number of aromatic nitrogens is 1. The topological polar surface area (TPSA) is 36.4 Å². The van der Waals surface area contributed by atoms with Crippen molar-refractivity contribution in [2.24, 2.45) is 0 Å². The van der Waals surface area contributed by atoms with E-state index in [4.69, 9.17) is 0 Å². The van der Waals surface area contributed by atoms with Gasteiger partial charge in [-0.2, -0.15) is 0 Å². The predicted molar refractivity (Wildman–Crippen MR) is 73.6 cm³/mol. The number of aryl methyl sites for hydroxylation is 1. The highest BCUT2D eigenvalue weighted by Gasteiger charge is 2.29. The minimum atomic E-state index is 0.214. The third kappa shape index (κ3) is 3.53. The first-order valence-corrected chi connectivity index (χ1v) is 7.35. The van der Waals surface area contributed by atoms with E-state index in [1.165, 1.54) is 5.01 Å². The molecule has 1 amide bonds. The number of likely N-dealkylation sites (N-methyl/N-ethyl adjacent to an activating group) is 2. The first-order chi connectivity index (χ1) is 8.60. The van der Waals surface area contributed by atoms with Gasteiger partial charge in [-0.3, -0.25) is 9.69 Å². The molecule has 0 radical (unpaired) electrons. The van der Waals surface area contributed by atoms with Crippen LogP contribution in [0.3, 0.4) is 0 Å². The van der Waals surface area contributed by atoms with Crippen molar-refractivity contribution in [1.82, 2.24) is 14.8 Å². The summed E-state index contributed by atoms with van der Waals surface area (Å²) in [6.07, 6.45) is 3.31. The molecule has 5 heteroatoms. The molecule has 1 fully saturated rings. The molecule has 0 aliphatic heterocycles. The number of carbonyl (C=O) groups excluding carboxylic acids is 1. The number of hydrogen-bond acceptors (Lipinski definition) is 4. The summed E-state index contributed by atoms with van der Waals surface area (Å²) in [4.78, 5) is 20.4. The first kappa shape index (κ1) is 13.5. The van der Waals surface area contributed by atoms with Gasteiger partial charge in [0, 0.05) is 25.0 Å². The van der Waals surface area contributed by atoms with Gasteiger partial charge in [-0.05, 0) is 26.3 Å². The quantitative estimate of drug-likeness (QED) is 0.788. The summed E-state index contributed by atoms with van der Waals surface area (Å²) in [5.41, 5.74) is 1.07. The molecule has 0 N–H and O–H groups in total. The zero-order valence-corrected chi connectivity index (χ0v) is 12.2. The van der Waals surface area contributed by atoms with Crippen LogP contribution in [0.4, 0.5) is 0 Å². The molecule has 1 aliphatic carbocycles. The molecule has 1 saturated carbocycles. The van der Waals surface area contributed by atoms with Crippen LogP contribution in [0.5, 0.6) is 0 Å². The van der Waals surface area contributed by atoms with Gasteiger partial charge in [0.25, 0.3) is 0 Å². The molecular formula is C13H21N3OS. The van der Waals surface area contributed by atoms with Crippen molar-refractivity contribution in [3.63, 3.8) is 0 Å². The van der Waals surface area contributed by atoms with E-state index in [-0.39, 0.29) is 5.91 Å². The van der Waals surface area contributed by atoms with Crippen LogP contribution in [0.2, 0.25) is 0 Å². The third-order valence-corrected chi connectivity index (χ3v) is 4.27. The molecule has 1 aromatic rings. The largest absolute Gasteiger partial charge is 0.342 e. The lowest BCUT2D eigenvalue weighted by Gasteiger charge is -2.21. The van der Waals surface area contributed by atoms with Crippen LogP contribution < -0.4 is 0 Å². The third-order valence-electron chi connectivity index (χ3n) is 3.23. The molecule has 0 bridgehead atoms. The molecular weight excluding hydrogens is 246 g/mol. The number of hydrogen-bond donors (Lipinski definition) is 0. The standard InChI is InChI=1S/C13H21N3OS/c1-4-12-14-10(9-18-12)7-15(2)8-13(17)16(3)11-5-6-11/h9,11H,4-8H2,1-3H3. The van der Waals surface area contributed by atoms with Crippen LogP contribution in [0.1, 0.15) is 30.5 Å². The van der Waals surface area contributed by atoms with E-state index in [9.17, 15) is 4.79 Å². The van der Waals surface area contributed by atoms with Gasteiger partial charge >= 0.3 is 0 Å². The Morgan fingerprint density at radius 1 is 1.50 bits per heavy atom. The lowest BCUT2D eigenvalue weighted by molar-refractivity contribution is -0.131. The number of carbonyl (C=O) groups is 1. The molecule has 100 valence electrons. The average molecular weight is 267 g/mol. The smallest absolute Gasteiger partial charge is 0.236 e. The lowest BCUT2D eigenvalue weighted by atomic mass is 10.4. The summed E-state index contributed by atoms with van der Waals surface area (Å²) >= 11 is 1.70. The second-order valence-electron chi connectivity index (χ2n) is 4.99. The Bertz CT molecular complexity index is 414. The van der Waals surface area contributed by atoms with Crippen LogP contribution in [-0.2, 0) is 17.8 Å². The first-order valence-electron chi connectivity index (χ1n) is 6.47. The van der Waals surface area contributed by atoms with Gasteiger partial charge in [0.2, 0.25) is 5.91 Å². The Morgan fingerprint density at radius 2 is 2.22 bits per heavy atom. The predicted octanol–water partition coefficient (Wildman–Crippen LogP) is 1.76. The summed E-state index contributed by atoms with van der Waals surface area (Å²) in [6.45, 7) is 3.34. The Morgan fingerprint density at radius 3 is 2.78 bits per heavy atom. The van der Waals surface area contributed by atoms with Gasteiger partial charge in [0.1, 0.15) is 0 Å². The van der Waals surface area contributed by atoms with Crippen LogP contribution in [0, 0.1) is 0 Å². The van der Waals surface area contributed by atoms with Crippen LogP contribution in [-0.4, -0.2) is 47.4 Å². The SMILES string of the molecule is CCc1nc(CN(C)CC(=O)N(C)C2CC2)cs1. The van der Waals surface area contributed by atoms with E-state index >= 15 is 0 Å². The van der Waals surface area contributed by atoms with E-state index in [0.29, 0.717) is 12.6 Å². The monoisotopic (exact) mass is 267 g/mol. The van der Waals surface area contributed by atoms with Gasteiger partial charge in [-0.15, -0.1) is 11.3 Å². The highest BCUT2D eigenvalue weighted by Crippen LogP contribution is 2.25. The maximum absolute atomic E-state index is 12.0. The fourth-order valence-corrected chi connectivity index (χ4v) is 2.66. The fourth-order valence-electron chi connectivity index (χ4n) is 1.92. The molecule has 18 heavy (non-hydrogen) atoms. The molecule has 1 aliphatic rings. The number of thiazole rings is 1. The second-order valence-corrected chi connectivity index (χ2v) is 5.94. The summed E-state index contributed by atoms with van der Waals surface area (Å²) in [5.74, 6) is 0.214. The zero-order valence-electron chi connectivity index (χ0n) is 11.3. The summed E-state index contributed by atoms with van der Waals surface area (Å²) in [6, 6.07) is 0.497. The van der Waals surface area contributed by atoms with Gasteiger partial charge in [-0.1, -0.05) is 6.92 Å². The molecule has 1 aromatic heterocycles. The number of amides is 1. The molecule has 0 atom stereocenters. The number of nitrogens with zero attached hydrogens (tertiary/aromatic N) is 3. The minimum Gasteiger partial charge on any atom is -0.342 e. The van der Waals surface area contributed by atoms with Crippen molar-refractivity contribution >= 4 is 17.2 Å². The molecule has 0 aromatic carbocycles. The zero-order chi connectivity index (χ0) is 13.1.